The van der Waals surface area contributed by atoms with E-state index in [4.69, 9.17) is 0 Å². The Morgan fingerprint density at radius 1 is 1.69 bits per heavy atom. The fourth-order valence-electron chi connectivity index (χ4n) is 1.92. The summed E-state index contributed by atoms with van der Waals surface area (Å²) in [5.74, 6) is 0.836. The van der Waals surface area contributed by atoms with Gasteiger partial charge in [0.2, 0.25) is 0 Å². The van der Waals surface area contributed by atoms with E-state index in [2.05, 4.69) is 40.3 Å². The molecule has 0 radical (unpaired) electrons. The van der Waals surface area contributed by atoms with Gasteiger partial charge in [-0.1, -0.05) is 6.92 Å². The molecule has 2 rings (SSSR count). The highest BCUT2D eigenvalue weighted by molar-refractivity contribution is 9.11. The predicted octanol–water partition coefficient (Wildman–Crippen LogP) is 3.01. The minimum atomic E-state index is 0.458. The Kier molecular flexibility index (Phi) is 2.51. The molecule has 72 valence electrons. The first-order valence-corrected chi connectivity index (χ1v) is 6.18. The average molecular weight is 260 g/mol. The van der Waals surface area contributed by atoms with Crippen LogP contribution < -0.4 is 5.32 Å². The van der Waals surface area contributed by atoms with Crippen molar-refractivity contribution in [2.45, 2.75) is 18.8 Å². The monoisotopic (exact) mass is 259 g/mol. The summed E-state index contributed by atoms with van der Waals surface area (Å²) in [5, 5.41) is 3.25. The van der Waals surface area contributed by atoms with E-state index < -0.39 is 0 Å². The van der Waals surface area contributed by atoms with Gasteiger partial charge in [0.1, 0.15) is 0 Å². The lowest BCUT2D eigenvalue weighted by Crippen LogP contribution is -2.14. The molecule has 1 saturated carbocycles. The van der Waals surface area contributed by atoms with Gasteiger partial charge >= 0.3 is 0 Å². The van der Waals surface area contributed by atoms with Crippen molar-refractivity contribution in [3.05, 3.63) is 20.8 Å². The molecule has 1 N–H and O–H groups in total. The molecule has 1 aliphatic carbocycles. The molecule has 1 aromatic heterocycles. The van der Waals surface area contributed by atoms with Crippen molar-refractivity contribution in [1.29, 1.82) is 0 Å². The standard InChI is InChI=1S/C10H14BrNS/c1-10(5-7(10)6-12-2)8-3-4-9(11)13-8/h3-4,7,12H,5-6H2,1-2H3. The Bertz CT molecular complexity index is 310. The summed E-state index contributed by atoms with van der Waals surface area (Å²) in [6.45, 7) is 3.51. The maximum absolute atomic E-state index is 3.51. The van der Waals surface area contributed by atoms with E-state index in [-0.39, 0.29) is 0 Å². The van der Waals surface area contributed by atoms with Gasteiger partial charge in [-0.05, 0) is 54.0 Å². The Balaban J connectivity index is 2.11. The Hall–Kier alpha value is 0.140. The van der Waals surface area contributed by atoms with Gasteiger partial charge in [-0.15, -0.1) is 11.3 Å². The van der Waals surface area contributed by atoms with Crippen LogP contribution in [0.25, 0.3) is 0 Å². The van der Waals surface area contributed by atoms with E-state index in [0.717, 1.165) is 12.5 Å². The van der Waals surface area contributed by atoms with Crippen LogP contribution in [0.3, 0.4) is 0 Å². The van der Waals surface area contributed by atoms with Crippen LogP contribution in [0.1, 0.15) is 18.2 Å². The fraction of sp³-hybridized carbons (Fsp3) is 0.600. The molecule has 1 aromatic rings. The summed E-state index contributed by atoms with van der Waals surface area (Å²) < 4.78 is 1.25. The van der Waals surface area contributed by atoms with Crippen LogP contribution in [0.4, 0.5) is 0 Å². The van der Waals surface area contributed by atoms with Crippen molar-refractivity contribution in [2.75, 3.05) is 13.6 Å². The lowest BCUT2D eigenvalue weighted by molar-refractivity contribution is 0.624. The fourth-order valence-corrected chi connectivity index (χ4v) is 3.54. The van der Waals surface area contributed by atoms with Crippen molar-refractivity contribution in [3.8, 4) is 0 Å². The number of nitrogens with one attached hydrogen (secondary N) is 1. The van der Waals surface area contributed by atoms with E-state index in [0.29, 0.717) is 5.41 Å². The highest BCUT2D eigenvalue weighted by Gasteiger charge is 2.51. The van der Waals surface area contributed by atoms with Gasteiger partial charge in [0.25, 0.3) is 0 Å². The molecule has 2 atom stereocenters. The van der Waals surface area contributed by atoms with Crippen molar-refractivity contribution in [2.24, 2.45) is 5.92 Å². The lowest BCUT2D eigenvalue weighted by atomic mass is 10.0. The summed E-state index contributed by atoms with van der Waals surface area (Å²) in [5.41, 5.74) is 0.458. The van der Waals surface area contributed by atoms with Gasteiger partial charge in [0.05, 0.1) is 3.79 Å². The third-order valence-electron chi connectivity index (χ3n) is 3.00. The molecule has 1 nitrogen and oxygen atoms in total. The van der Waals surface area contributed by atoms with Crippen LogP contribution in [-0.4, -0.2) is 13.6 Å². The molecule has 1 heterocycles. The predicted molar refractivity (Wildman–Crippen MR) is 61.4 cm³/mol. The molecule has 1 fully saturated rings. The molecule has 13 heavy (non-hydrogen) atoms. The topological polar surface area (TPSA) is 12.0 Å². The maximum Gasteiger partial charge on any atom is 0.0701 e. The van der Waals surface area contributed by atoms with Gasteiger partial charge in [0, 0.05) is 10.3 Å². The van der Waals surface area contributed by atoms with Crippen LogP contribution >= 0.6 is 27.3 Å². The third kappa shape index (κ3) is 1.69. The van der Waals surface area contributed by atoms with Crippen LogP contribution in [0.15, 0.2) is 15.9 Å². The van der Waals surface area contributed by atoms with Crippen LogP contribution in [0.2, 0.25) is 0 Å². The second-order valence-electron chi connectivity index (χ2n) is 3.98. The molecule has 1 aliphatic rings. The number of hydrogen-bond acceptors (Lipinski definition) is 2. The molecule has 2 unspecified atom stereocenters. The van der Waals surface area contributed by atoms with E-state index in [1.54, 1.807) is 0 Å². The summed E-state index contributed by atoms with van der Waals surface area (Å²) >= 11 is 5.39. The molecule has 0 saturated heterocycles. The first-order chi connectivity index (χ1) is 6.16. The quantitative estimate of drug-likeness (QED) is 0.880. The number of thiophene rings is 1. The Morgan fingerprint density at radius 3 is 3.00 bits per heavy atom. The summed E-state index contributed by atoms with van der Waals surface area (Å²) in [4.78, 5) is 1.53. The van der Waals surface area contributed by atoms with Gasteiger partial charge in [-0.2, -0.15) is 0 Å². The molecule has 0 bridgehead atoms. The zero-order chi connectivity index (χ0) is 9.47. The Morgan fingerprint density at radius 2 is 2.46 bits per heavy atom. The Labute approximate surface area is 91.7 Å². The first-order valence-electron chi connectivity index (χ1n) is 4.57. The minimum absolute atomic E-state index is 0.458. The number of halogens is 1. The molecule has 0 aromatic carbocycles. The van der Waals surface area contributed by atoms with Gasteiger partial charge in [-0.25, -0.2) is 0 Å². The third-order valence-corrected chi connectivity index (χ3v) is 4.90. The van der Waals surface area contributed by atoms with Crippen molar-refractivity contribution >= 4 is 27.3 Å². The van der Waals surface area contributed by atoms with Gasteiger partial charge < -0.3 is 5.32 Å². The molecule has 0 aliphatic heterocycles. The summed E-state index contributed by atoms with van der Waals surface area (Å²) in [7, 11) is 2.03. The van der Waals surface area contributed by atoms with E-state index in [1.807, 2.05) is 18.4 Å². The normalized spacial score (nSPS) is 32.1. The maximum atomic E-state index is 3.51. The molecule has 0 amide bonds. The van der Waals surface area contributed by atoms with Crippen LogP contribution in [0.5, 0.6) is 0 Å². The minimum Gasteiger partial charge on any atom is -0.319 e. The number of hydrogen-bond donors (Lipinski definition) is 1. The van der Waals surface area contributed by atoms with Crippen LogP contribution in [-0.2, 0) is 5.41 Å². The molecular formula is C10H14BrNS. The molecule has 3 heteroatoms. The van der Waals surface area contributed by atoms with E-state index in [1.165, 1.54) is 15.1 Å². The first kappa shape index (κ1) is 9.69. The second kappa shape index (κ2) is 3.37. The van der Waals surface area contributed by atoms with E-state index >= 15 is 0 Å². The second-order valence-corrected chi connectivity index (χ2v) is 6.44. The number of rotatable bonds is 3. The van der Waals surface area contributed by atoms with Gasteiger partial charge in [0.15, 0.2) is 0 Å². The summed E-state index contributed by atoms with van der Waals surface area (Å²) in [6, 6.07) is 4.41. The highest BCUT2D eigenvalue weighted by Crippen LogP contribution is 2.55. The lowest BCUT2D eigenvalue weighted by Gasteiger charge is -2.07. The van der Waals surface area contributed by atoms with Gasteiger partial charge in [-0.3, -0.25) is 0 Å². The van der Waals surface area contributed by atoms with E-state index in [9.17, 15) is 0 Å². The zero-order valence-corrected chi connectivity index (χ0v) is 10.3. The van der Waals surface area contributed by atoms with Crippen LogP contribution in [0, 0.1) is 5.92 Å². The van der Waals surface area contributed by atoms with Crippen molar-refractivity contribution in [3.63, 3.8) is 0 Å². The van der Waals surface area contributed by atoms with Crippen molar-refractivity contribution < 1.29 is 0 Å². The highest BCUT2D eigenvalue weighted by atomic mass is 79.9. The molecular weight excluding hydrogens is 246 g/mol. The van der Waals surface area contributed by atoms with Crippen molar-refractivity contribution in [1.82, 2.24) is 5.32 Å². The smallest absolute Gasteiger partial charge is 0.0701 e. The summed E-state index contributed by atoms with van der Waals surface area (Å²) in [6.07, 6.45) is 1.33. The SMILES string of the molecule is CNCC1CC1(C)c1ccc(Br)s1. The molecule has 0 spiro atoms. The zero-order valence-electron chi connectivity index (χ0n) is 7.93. The average Bonchev–Trinajstić information content (AvgIpc) is 2.57. The largest absolute Gasteiger partial charge is 0.319 e.